The molecule has 4 heteroatoms. The molecule has 0 heterocycles. The molecule has 0 spiro atoms. The van der Waals surface area contributed by atoms with Crippen molar-refractivity contribution in [2.24, 2.45) is 0 Å². The lowest BCUT2D eigenvalue weighted by Crippen LogP contribution is -2.06. The third-order valence-electron chi connectivity index (χ3n) is 2.67. The van der Waals surface area contributed by atoms with Crippen molar-refractivity contribution >= 4 is 11.9 Å². The zero-order valence-electron chi connectivity index (χ0n) is 10.7. The van der Waals surface area contributed by atoms with E-state index >= 15 is 0 Å². The third kappa shape index (κ3) is 4.57. The van der Waals surface area contributed by atoms with Crippen LogP contribution in [0.5, 0.6) is 0 Å². The highest BCUT2D eigenvalue weighted by atomic mass is 16.5. The molecule has 0 aliphatic heterocycles. The smallest absolute Gasteiger partial charge is 0.307 e. The Balaban J connectivity index is 2.61. The second-order valence-corrected chi connectivity index (χ2v) is 4.14. The van der Waals surface area contributed by atoms with E-state index in [1.54, 1.807) is 6.92 Å². The average molecular weight is 250 g/mol. The van der Waals surface area contributed by atoms with E-state index in [9.17, 15) is 9.59 Å². The quantitative estimate of drug-likeness (QED) is 0.785. The normalized spacial score (nSPS) is 10.1. The van der Waals surface area contributed by atoms with Crippen LogP contribution in [0.15, 0.2) is 18.2 Å². The average Bonchev–Trinajstić information content (AvgIpc) is 2.29. The van der Waals surface area contributed by atoms with Crippen LogP contribution >= 0.6 is 0 Å². The first kappa shape index (κ1) is 14.2. The number of carboxylic acids is 1. The van der Waals surface area contributed by atoms with E-state index in [4.69, 9.17) is 9.84 Å². The van der Waals surface area contributed by atoms with E-state index in [2.05, 4.69) is 0 Å². The van der Waals surface area contributed by atoms with E-state index in [1.165, 1.54) is 0 Å². The zero-order valence-corrected chi connectivity index (χ0v) is 10.7. The number of carbonyl (C=O) groups excluding carboxylic acids is 1. The highest BCUT2D eigenvalue weighted by Gasteiger charge is 2.06. The Bertz CT molecular complexity index is 437. The molecular weight excluding hydrogens is 232 g/mol. The lowest BCUT2D eigenvalue weighted by molar-refractivity contribution is -0.143. The maximum Gasteiger partial charge on any atom is 0.307 e. The number of hydrogen-bond acceptors (Lipinski definition) is 3. The van der Waals surface area contributed by atoms with Gasteiger partial charge in [-0.05, 0) is 37.0 Å². The van der Waals surface area contributed by atoms with Crippen LogP contribution in [-0.4, -0.2) is 23.7 Å². The maximum atomic E-state index is 11.2. The van der Waals surface area contributed by atoms with Crippen molar-refractivity contribution in [2.75, 3.05) is 6.61 Å². The van der Waals surface area contributed by atoms with Crippen molar-refractivity contribution in [1.29, 1.82) is 0 Å². The van der Waals surface area contributed by atoms with Crippen LogP contribution in [0.2, 0.25) is 0 Å². The number of aliphatic carboxylic acids is 1. The summed E-state index contributed by atoms with van der Waals surface area (Å²) in [4.78, 5) is 21.8. The van der Waals surface area contributed by atoms with Gasteiger partial charge >= 0.3 is 11.9 Å². The fraction of sp³-hybridized carbons (Fsp3) is 0.429. The monoisotopic (exact) mass is 250 g/mol. The summed E-state index contributed by atoms with van der Waals surface area (Å²) in [5.41, 5.74) is 2.77. The molecule has 4 nitrogen and oxygen atoms in total. The lowest BCUT2D eigenvalue weighted by Gasteiger charge is -2.07. The number of carbonyl (C=O) groups is 2. The van der Waals surface area contributed by atoms with Gasteiger partial charge in [-0.3, -0.25) is 9.59 Å². The molecule has 1 N–H and O–H groups in total. The summed E-state index contributed by atoms with van der Waals surface area (Å²) in [6, 6.07) is 5.60. The summed E-state index contributed by atoms with van der Waals surface area (Å²) in [5, 5.41) is 8.73. The van der Waals surface area contributed by atoms with Gasteiger partial charge in [-0.25, -0.2) is 0 Å². The molecule has 0 saturated heterocycles. The first-order valence-electron chi connectivity index (χ1n) is 5.98. The van der Waals surface area contributed by atoms with Gasteiger partial charge in [-0.1, -0.05) is 18.2 Å². The number of hydrogen-bond donors (Lipinski definition) is 1. The highest BCUT2D eigenvalue weighted by Crippen LogP contribution is 2.13. The molecule has 0 atom stereocenters. The van der Waals surface area contributed by atoms with Crippen molar-refractivity contribution in [3.05, 3.63) is 34.9 Å². The lowest BCUT2D eigenvalue weighted by atomic mass is 10.0. The summed E-state index contributed by atoms with van der Waals surface area (Å²) in [5.74, 6) is -1.04. The van der Waals surface area contributed by atoms with Gasteiger partial charge in [0.1, 0.15) is 0 Å². The molecule has 0 bridgehead atoms. The first-order chi connectivity index (χ1) is 8.52. The molecule has 0 aromatic heterocycles. The second kappa shape index (κ2) is 6.79. The van der Waals surface area contributed by atoms with Crippen LogP contribution < -0.4 is 0 Å². The maximum absolute atomic E-state index is 11.2. The third-order valence-corrected chi connectivity index (χ3v) is 2.67. The Morgan fingerprint density at radius 3 is 2.61 bits per heavy atom. The van der Waals surface area contributed by atoms with Crippen molar-refractivity contribution < 1.29 is 19.4 Å². The number of benzene rings is 1. The molecule has 0 fully saturated rings. The summed E-state index contributed by atoms with van der Waals surface area (Å²) < 4.78 is 4.85. The van der Waals surface area contributed by atoms with Crippen LogP contribution in [0, 0.1) is 6.92 Å². The van der Waals surface area contributed by atoms with Crippen molar-refractivity contribution in [2.45, 2.75) is 33.1 Å². The predicted octanol–water partition coefficient (Wildman–Crippen LogP) is 2.12. The minimum atomic E-state index is -0.836. The van der Waals surface area contributed by atoms with Crippen LogP contribution in [0.1, 0.15) is 30.0 Å². The van der Waals surface area contributed by atoms with E-state index in [1.807, 2.05) is 25.1 Å². The molecule has 0 aliphatic carbocycles. The Morgan fingerprint density at radius 2 is 2.06 bits per heavy atom. The van der Waals surface area contributed by atoms with Gasteiger partial charge in [0.15, 0.2) is 0 Å². The fourth-order valence-electron chi connectivity index (χ4n) is 1.75. The summed E-state index contributed by atoms with van der Waals surface area (Å²) in [6.45, 7) is 4.06. The summed E-state index contributed by atoms with van der Waals surface area (Å²) in [6.07, 6.45) is 1.00. The van der Waals surface area contributed by atoms with Gasteiger partial charge in [0.2, 0.25) is 0 Å². The van der Waals surface area contributed by atoms with Gasteiger partial charge < -0.3 is 9.84 Å². The van der Waals surface area contributed by atoms with Gasteiger partial charge in [-0.15, -0.1) is 0 Å². The van der Waals surface area contributed by atoms with Gasteiger partial charge in [0.05, 0.1) is 13.0 Å². The number of carboxylic acid groups (broad SMARTS) is 1. The molecule has 0 amide bonds. The van der Waals surface area contributed by atoms with Gasteiger partial charge in [0.25, 0.3) is 0 Å². The first-order valence-corrected chi connectivity index (χ1v) is 5.98. The number of ether oxygens (including phenoxy) is 1. The largest absolute Gasteiger partial charge is 0.481 e. The Morgan fingerprint density at radius 1 is 1.33 bits per heavy atom. The van der Waals surface area contributed by atoms with Gasteiger partial charge in [-0.2, -0.15) is 0 Å². The Hall–Kier alpha value is -1.84. The van der Waals surface area contributed by atoms with E-state index in [0.29, 0.717) is 19.4 Å². The minimum absolute atomic E-state index is 0.0317. The molecule has 0 unspecified atom stereocenters. The standard InChI is InChI=1S/C14H18O4/c1-3-18-14(17)7-5-11-4-6-12(9-13(15)16)10(2)8-11/h4,6,8H,3,5,7,9H2,1-2H3,(H,15,16). The van der Waals surface area contributed by atoms with E-state index in [-0.39, 0.29) is 12.4 Å². The molecule has 0 saturated carbocycles. The summed E-state index contributed by atoms with van der Waals surface area (Å²) >= 11 is 0. The van der Waals surface area contributed by atoms with Crippen LogP contribution in [0.3, 0.4) is 0 Å². The molecular formula is C14H18O4. The number of rotatable bonds is 6. The minimum Gasteiger partial charge on any atom is -0.481 e. The Kier molecular flexibility index (Phi) is 5.36. The van der Waals surface area contributed by atoms with Crippen molar-refractivity contribution in [3.8, 4) is 0 Å². The second-order valence-electron chi connectivity index (χ2n) is 4.14. The van der Waals surface area contributed by atoms with E-state index < -0.39 is 5.97 Å². The van der Waals surface area contributed by atoms with E-state index in [0.717, 1.165) is 16.7 Å². The number of esters is 1. The molecule has 0 radical (unpaired) electrons. The number of aryl methyl sites for hydroxylation is 2. The Labute approximate surface area is 107 Å². The predicted molar refractivity (Wildman–Crippen MR) is 67.5 cm³/mol. The molecule has 1 aromatic rings. The fourth-order valence-corrected chi connectivity index (χ4v) is 1.75. The van der Waals surface area contributed by atoms with Crippen molar-refractivity contribution in [1.82, 2.24) is 0 Å². The molecule has 1 rings (SSSR count). The molecule has 98 valence electrons. The van der Waals surface area contributed by atoms with Crippen LogP contribution in [0.4, 0.5) is 0 Å². The zero-order chi connectivity index (χ0) is 13.5. The van der Waals surface area contributed by atoms with Gasteiger partial charge in [0, 0.05) is 6.42 Å². The van der Waals surface area contributed by atoms with Crippen LogP contribution in [0.25, 0.3) is 0 Å². The highest BCUT2D eigenvalue weighted by molar-refractivity contribution is 5.71. The topological polar surface area (TPSA) is 63.6 Å². The molecule has 18 heavy (non-hydrogen) atoms. The molecule has 1 aromatic carbocycles. The van der Waals surface area contributed by atoms with Crippen LogP contribution in [-0.2, 0) is 27.2 Å². The molecule has 0 aliphatic rings. The summed E-state index contributed by atoms with van der Waals surface area (Å²) in [7, 11) is 0. The SMILES string of the molecule is CCOC(=O)CCc1ccc(CC(=O)O)c(C)c1. The van der Waals surface area contributed by atoms with Crippen molar-refractivity contribution in [3.63, 3.8) is 0 Å².